The Morgan fingerprint density at radius 2 is 2.00 bits per heavy atom. The molecule has 0 spiro atoms. The molecule has 1 aromatic rings. The van der Waals surface area contributed by atoms with E-state index in [1.807, 2.05) is 18.2 Å². The van der Waals surface area contributed by atoms with E-state index < -0.39 is 6.10 Å². The first-order valence-electron chi connectivity index (χ1n) is 9.36. The van der Waals surface area contributed by atoms with Crippen LogP contribution in [-0.4, -0.2) is 41.0 Å². The monoisotopic (exact) mass is 344 g/mol. The Morgan fingerprint density at radius 3 is 2.72 bits per heavy atom. The number of nitrogens with zero attached hydrogens (tertiary/aromatic N) is 1. The van der Waals surface area contributed by atoms with Gasteiger partial charge in [0.2, 0.25) is 11.8 Å². The van der Waals surface area contributed by atoms with Crippen LogP contribution in [0.2, 0.25) is 0 Å². The number of hydrogen-bond donors (Lipinski definition) is 2. The van der Waals surface area contributed by atoms with E-state index in [-0.39, 0.29) is 24.3 Å². The van der Waals surface area contributed by atoms with Crippen LogP contribution in [0.1, 0.15) is 56.2 Å². The number of benzene rings is 1. The average Bonchev–Trinajstić information content (AvgIpc) is 3.14. The molecule has 1 aliphatic heterocycles. The predicted octanol–water partition coefficient (Wildman–Crippen LogP) is 2.19. The van der Waals surface area contributed by atoms with Gasteiger partial charge in [0.25, 0.3) is 0 Å². The summed E-state index contributed by atoms with van der Waals surface area (Å²) in [7, 11) is 0. The number of aliphatic hydroxyl groups excluding tert-OH is 1. The van der Waals surface area contributed by atoms with Gasteiger partial charge in [-0.1, -0.05) is 37.1 Å². The van der Waals surface area contributed by atoms with Crippen molar-refractivity contribution in [2.45, 2.75) is 57.6 Å². The van der Waals surface area contributed by atoms with Crippen molar-refractivity contribution in [3.8, 4) is 0 Å². The third-order valence-corrected chi connectivity index (χ3v) is 5.65. The highest BCUT2D eigenvalue weighted by atomic mass is 16.3. The van der Waals surface area contributed by atoms with Gasteiger partial charge in [-0.2, -0.15) is 0 Å². The number of fused-ring (bicyclic) bond motifs is 1. The summed E-state index contributed by atoms with van der Waals surface area (Å²) in [6.45, 7) is 2.51. The molecule has 1 saturated carbocycles. The summed E-state index contributed by atoms with van der Waals surface area (Å²) in [4.78, 5) is 26.2. The molecule has 2 aliphatic rings. The maximum Gasteiger partial charge on any atom is 0.222 e. The average molecular weight is 344 g/mol. The second-order valence-corrected chi connectivity index (χ2v) is 7.30. The molecule has 1 fully saturated rings. The van der Waals surface area contributed by atoms with Crippen molar-refractivity contribution in [1.29, 1.82) is 0 Å². The number of aliphatic hydroxyl groups is 1. The molecule has 0 radical (unpaired) electrons. The van der Waals surface area contributed by atoms with Gasteiger partial charge in [-0.25, -0.2) is 0 Å². The molecule has 136 valence electrons. The van der Waals surface area contributed by atoms with E-state index in [0.29, 0.717) is 19.0 Å². The van der Waals surface area contributed by atoms with Crippen LogP contribution < -0.4 is 5.32 Å². The first-order chi connectivity index (χ1) is 12.1. The van der Waals surface area contributed by atoms with E-state index in [9.17, 15) is 14.7 Å². The van der Waals surface area contributed by atoms with Gasteiger partial charge < -0.3 is 15.3 Å². The summed E-state index contributed by atoms with van der Waals surface area (Å²) in [5.41, 5.74) is 2.28. The van der Waals surface area contributed by atoms with Crippen LogP contribution in [0.4, 0.5) is 0 Å². The van der Waals surface area contributed by atoms with Crippen LogP contribution in [0.25, 0.3) is 0 Å². The largest absolute Gasteiger partial charge is 0.391 e. The SMILES string of the molecule is CC(=O)N1CCc2ccccc2C1CC(=O)NCC(O)C1CCCC1. The lowest BCUT2D eigenvalue weighted by Crippen LogP contribution is -2.42. The predicted molar refractivity (Wildman–Crippen MR) is 95.9 cm³/mol. The Morgan fingerprint density at radius 1 is 1.28 bits per heavy atom. The molecule has 0 saturated heterocycles. The highest BCUT2D eigenvalue weighted by Gasteiger charge is 2.31. The lowest BCUT2D eigenvalue weighted by Gasteiger charge is -2.36. The minimum atomic E-state index is -0.464. The summed E-state index contributed by atoms with van der Waals surface area (Å²) in [5.74, 6) is 0.202. The van der Waals surface area contributed by atoms with Crippen LogP contribution in [0.15, 0.2) is 24.3 Å². The molecule has 2 unspecified atom stereocenters. The number of nitrogens with one attached hydrogen (secondary N) is 1. The number of carbonyl (C=O) groups excluding carboxylic acids is 2. The van der Waals surface area contributed by atoms with E-state index in [1.165, 1.54) is 18.4 Å². The third kappa shape index (κ3) is 4.21. The molecule has 0 aromatic heterocycles. The van der Waals surface area contributed by atoms with E-state index in [0.717, 1.165) is 24.8 Å². The quantitative estimate of drug-likeness (QED) is 0.860. The lowest BCUT2D eigenvalue weighted by atomic mass is 9.90. The minimum Gasteiger partial charge on any atom is -0.391 e. The zero-order valence-electron chi connectivity index (χ0n) is 14.9. The van der Waals surface area contributed by atoms with Crippen molar-refractivity contribution in [1.82, 2.24) is 10.2 Å². The molecule has 3 rings (SSSR count). The van der Waals surface area contributed by atoms with Gasteiger partial charge >= 0.3 is 0 Å². The molecule has 1 aromatic carbocycles. The van der Waals surface area contributed by atoms with Crippen molar-refractivity contribution in [3.63, 3.8) is 0 Å². The van der Waals surface area contributed by atoms with Crippen LogP contribution >= 0.6 is 0 Å². The molecule has 1 heterocycles. The van der Waals surface area contributed by atoms with Gasteiger partial charge in [-0.05, 0) is 36.3 Å². The normalized spacial score (nSPS) is 21.7. The maximum atomic E-state index is 12.4. The van der Waals surface area contributed by atoms with E-state index in [2.05, 4.69) is 11.4 Å². The van der Waals surface area contributed by atoms with Crippen LogP contribution in [0, 0.1) is 5.92 Å². The summed E-state index contributed by atoms with van der Waals surface area (Å²) in [5, 5.41) is 13.1. The van der Waals surface area contributed by atoms with E-state index >= 15 is 0 Å². The Balaban J connectivity index is 1.62. The number of carbonyl (C=O) groups is 2. The standard InChI is InChI=1S/C20H28N2O3/c1-14(23)22-11-10-15-6-4-5-9-17(15)18(22)12-20(25)21-13-19(24)16-7-2-3-8-16/h4-6,9,16,18-19,24H,2-3,7-8,10-13H2,1H3,(H,21,25). The second-order valence-electron chi connectivity index (χ2n) is 7.30. The maximum absolute atomic E-state index is 12.4. The fraction of sp³-hybridized carbons (Fsp3) is 0.600. The van der Waals surface area contributed by atoms with Crippen molar-refractivity contribution in [2.75, 3.05) is 13.1 Å². The third-order valence-electron chi connectivity index (χ3n) is 5.65. The highest BCUT2D eigenvalue weighted by Crippen LogP contribution is 2.32. The molecule has 0 bridgehead atoms. The topological polar surface area (TPSA) is 69.6 Å². The summed E-state index contributed by atoms with van der Waals surface area (Å²) < 4.78 is 0. The first kappa shape index (κ1) is 17.9. The first-order valence-corrected chi connectivity index (χ1v) is 9.36. The molecular weight excluding hydrogens is 316 g/mol. The minimum absolute atomic E-state index is 0.00158. The summed E-state index contributed by atoms with van der Waals surface area (Å²) in [6, 6.07) is 7.82. The van der Waals surface area contributed by atoms with Crippen LogP contribution in [0.3, 0.4) is 0 Å². The molecular formula is C20H28N2O3. The van der Waals surface area contributed by atoms with Crippen molar-refractivity contribution in [3.05, 3.63) is 35.4 Å². The Hall–Kier alpha value is -1.88. The van der Waals surface area contributed by atoms with Gasteiger partial charge in [-0.15, -0.1) is 0 Å². The molecule has 2 atom stereocenters. The summed E-state index contributed by atoms with van der Waals surface area (Å²) in [6.07, 6.45) is 5.04. The van der Waals surface area contributed by atoms with Crippen LogP contribution in [-0.2, 0) is 16.0 Å². The summed E-state index contributed by atoms with van der Waals surface area (Å²) >= 11 is 0. The van der Waals surface area contributed by atoms with Crippen molar-refractivity contribution in [2.24, 2.45) is 5.92 Å². The molecule has 25 heavy (non-hydrogen) atoms. The van der Waals surface area contributed by atoms with Crippen LogP contribution in [0.5, 0.6) is 0 Å². The zero-order valence-corrected chi connectivity index (χ0v) is 14.9. The van der Waals surface area contributed by atoms with Crippen molar-refractivity contribution < 1.29 is 14.7 Å². The fourth-order valence-corrected chi connectivity index (χ4v) is 4.22. The molecule has 5 nitrogen and oxygen atoms in total. The Kier molecular flexibility index (Phi) is 5.74. The molecule has 1 aliphatic carbocycles. The van der Waals surface area contributed by atoms with Crippen molar-refractivity contribution >= 4 is 11.8 Å². The zero-order chi connectivity index (χ0) is 17.8. The van der Waals surface area contributed by atoms with Gasteiger partial charge in [0.05, 0.1) is 18.6 Å². The van der Waals surface area contributed by atoms with E-state index in [1.54, 1.807) is 11.8 Å². The fourth-order valence-electron chi connectivity index (χ4n) is 4.22. The second kappa shape index (κ2) is 8.00. The number of hydrogen-bond acceptors (Lipinski definition) is 3. The smallest absolute Gasteiger partial charge is 0.222 e. The lowest BCUT2D eigenvalue weighted by molar-refractivity contribution is -0.133. The Labute approximate surface area is 149 Å². The Bertz CT molecular complexity index is 625. The number of rotatable bonds is 5. The molecule has 5 heteroatoms. The van der Waals surface area contributed by atoms with Gasteiger partial charge in [0, 0.05) is 20.0 Å². The highest BCUT2D eigenvalue weighted by molar-refractivity contribution is 5.79. The van der Waals surface area contributed by atoms with Gasteiger partial charge in [-0.3, -0.25) is 9.59 Å². The van der Waals surface area contributed by atoms with Gasteiger partial charge in [0.1, 0.15) is 0 Å². The number of amides is 2. The van der Waals surface area contributed by atoms with E-state index in [4.69, 9.17) is 0 Å². The molecule has 2 N–H and O–H groups in total. The van der Waals surface area contributed by atoms with Gasteiger partial charge in [0.15, 0.2) is 0 Å². The molecule has 2 amide bonds.